The number of hydrogen-bond donors (Lipinski definition) is 2. The van der Waals surface area contributed by atoms with Gasteiger partial charge in [0.15, 0.2) is 5.96 Å². The minimum Gasteiger partial charge on any atom is -0.385 e. The lowest BCUT2D eigenvalue weighted by atomic mass is 9.67. The van der Waals surface area contributed by atoms with E-state index in [2.05, 4.69) is 36.3 Å². The average Bonchev–Trinajstić information content (AvgIpc) is 2.58. The van der Waals surface area contributed by atoms with Crippen molar-refractivity contribution < 1.29 is 4.74 Å². The van der Waals surface area contributed by atoms with Crippen molar-refractivity contribution in [2.75, 3.05) is 46.4 Å². The lowest BCUT2D eigenvalue weighted by molar-refractivity contribution is 0.0778. The molecule has 2 N–H and O–H groups in total. The SMILES string of the molecule is CCNC(=NCC1(CCOC)CCC1)NCC1CCCN(C(C)C)C1. The van der Waals surface area contributed by atoms with Crippen molar-refractivity contribution in [3.63, 3.8) is 0 Å². The maximum absolute atomic E-state index is 5.30. The molecule has 1 aliphatic heterocycles. The number of nitrogens with one attached hydrogen (secondary N) is 2. The van der Waals surface area contributed by atoms with Crippen molar-refractivity contribution in [3.05, 3.63) is 0 Å². The third-order valence-corrected chi connectivity index (χ3v) is 6.01. The van der Waals surface area contributed by atoms with Crippen molar-refractivity contribution in [3.8, 4) is 0 Å². The molecule has 1 unspecified atom stereocenters. The topological polar surface area (TPSA) is 48.9 Å². The van der Waals surface area contributed by atoms with Gasteiger partial charge in [0, 0.05) is 45.9 Å². The Morgan fingerprint density at radius 3 is 2.68 bits per heavy atom. The van der Waals surface area contributed by atoms with Crippen molar-refractivity contribution >= 4 is 5.96 Å². The molecule has 1 heterocycles. The minimum absolute atomic E-state index is 0.387. The Labute approximate surface area is 155 Å². The van der Waals surface area contributed by atoms with Gasteiger partial charge in [0.1, 0.15) is 0 Å². The van der Waals surface area contributed by atoms with Gasteiger partial charge in [-0.15, -0.1) is 0 Å². The van der Waals surface area contributed by atoms with E-state index in [1.165, 1.54) is 45.2 Å². The van der Waals surface area contributed by atoms with E-state index in [-0.39, 0.29) is 0 Å². The molecule has 1 saturated carbocycles. The second-order valence-electron chi connectivity index (χ2n) is 8.27. The van der Waals surface area contributed by atoms with Crippen LogP contribution in [0.3, 0.4) is 0 Å². The van der Waals surface area contributed by atoms with E-state index < -0.39 is 0 Å². The molecule has 0 amide bonds. The molecular weight excluding hydrogens is 312 g/mol. The number of nitrogens with zero attached hydrogens (tertiary/aromatic N) is 2. The van der Waals surface area contributed by atoms with Crippen LogP contribution < -0.4 is 10.6 Å². The number of methoxy groups -OCH3 is 1. The smallest absolute Gasteiger partial charge is 0.191 e. The summed E-state index contributed by atoms with van der Waals surface area (Å²) in [5, 5.41) is 7.03. The monoisotopic (exact) mass is 352 g/mol. The zero-order valence-electron chi connectivity index (χ0n) is 16.9. The number of ether oxygens (including phenoxy) is 1. The second-order valence-corrected chi connectivity index (χ2v) is 8.27. The molecule has 2 fully saturated rings. The normalized spacial score (nSPS) is 24.2. The first kappa shape index (κ1) is 20.5. The maximum Gasteiger partial charge on any atom is 0.191 e. The van der Waals surface area contributed by atoms with E-state index in [1.54, 1.807) is 7.11 Å². The van der Waals surface area contributed by atoms with Gasteiger partial charge in [-0.1, -0.05) is 6.42 Å². The summed E-state index contributed by atoms with van der Waals surface area (Å²) in [7, 11) is 1.80. The summed E-state index contributed by atoms with van der Waals surface area (Å²) in [6.45, 7) is 12.9. The van der Waals surface area contributed by atoms with Crippen molar-refractivity contribution in [1.82, 2.24) is 15.5 Å². The average molecular weight is 353 g/mol. The van der Waals surface area contributed by atoms with Gasteiger partial charge >= 0.3 is 0 Å². The predicted octanol–water partition coefficient (Wildman–Crippen LogP) is 2.87. The predicted molar refractivity (Wildman–Crippen MR) is 106 cm³/mol. The van der Waals surface area contributed by atoms with Crippen LogP contribution in [0.2, 0.25) is 0 Å². The Hall–Kier alpha value is -0.810. The van der Waals surface area contributed by atoms with E-state index in [9.17, 15) is 0 Å². The Bertz CT molecular complexity index is 407. The number of rotatable bonds is 9. The van der Waals surface area contributed by atoms with Crippen LogP contribution >= 0.6 is 0 Å². The summed E-state index contributed by atoms with van der Waals surface area (Å²) in [4.78, 5) is 7.53. The summed E-state index contributed by atoms with van der Waals surface area (Å²) >= 11 is 0. The van der Waals surface area contributed by atoms with Gasteiger partial charge in [-0.05, 0) is 70.8 Å². The fraction of sp³-hybridized carbons (Fsp3) is 0.950. The number of guanidine groups is 1. The minimum atomic E-state index is 0.387. The first-order valence-corrected chi connectivity index (χ1v) is 10.3. The van der Waals surface area contributed by atoms with Crippen LogP contribution in [-0.4, -0.2) is 63.3 Å². The molecule has 5 nitrogen and oxygen atoms in total. The quantitative estimate of drug-likeness (QED) is 0.495. The molecule has 1 saturated heterocycles. The Morgan fingerprint density at radius 2 is 2.08 bits per heavy atom. The molecular formula is C20H40N4O. The molecule has 0 radical (unpaired) electrons. The van der Waals surface area contributed by atoms with Gasteiger partial charge in [0.05, 0.1) is 0 Å². The van der Waals surface area contributed by atoms with E-state index in [0.29, 0.717) is 11.5 Å². The molecule has 0 aromatic carbocycles. The van der Waals surface area contributed by atoms with Crippen LogP contribution in [0.1, 0.15) is 59.3 Å². The van der Waals surface area contributed by atoms with E-state index in [0.717, 1.165) is 44.5 Å². The molecule has 25 heavy (non-hydrogen) atoms. The van der Waals surface area contributed by atoms with E-state index >= 15 is 0 Å². The number of piperidine rings is 1. The highest BCUT2D eigenvalue weighted by Gasteiger charge is 2.36. The fourth-order valence-corrected chi connectivity index (χ4v) is 4.04. The van der Waals surface area contributed by atoms with Gasteiger partial charge in [-0.25, -0.2) is 0 Å². The standard InChI is InChI=1S/C20H40N4O/c1-5-21-19(23-16-20(9-7-10-20)11-13-25-4)22-14-18-8-6-12-24(15-18)17(2)3/h17-18H,5-16H2,1-4H3,(H2,21,22,23). The van der Waals surface area contributed by atoms with Crippen LogP contribution in [0, 0.1) is 11.3 Å². The summed E-state index contributed by atoms with van der Waals surface area (Å²) in [5.74, 6) is 1.72. The van der Waals surface area contributed by atoms with Crippen LogP contribution in [0.15, 0.2) is 4.99 Å². The summed E-state index contributed by atoms with van der Waals surface area (Å²) in [6.07, 6.45) is 7.72. The maximum atomic E-state index is 5.30. The van der Waals surface area contributed by atoms with Gasteiger partial charge in [0.2, 0.25) is 0 Å². The Balaban J connectivity index is 1.83. The van der Waals surface area contributed by atoms with Crippen LogP contribution in [0.25, 0.3) is 0 Å². The molecule has 0 aromatic heterocycles. The summed E-state index contributed by atoms with van der Waals surface area (Å²) in [5.41, 5.74) is 0.387. The van der Waals surface area contributed by atoms with Crippen LogP contribution in [-0.2, 0) is 4.74 Å². The highest BCUT2D eigenvalue weighted by Crippen LogP contribution is 2.44. The van der Waals surface area contributed by atoms with E-state index in [4.69, 9.17) is 9.73 Å². The highest BCUT2D eigenvalue weighted by atomic mass is 16.5. The molecule has 2 rings (SSSR count). The lowest BCUT2D eigenvalue weighted by Crippen LogP contribution is -2.46. The summed E-state index contributed by atoms with van der Waals surface area (Å²) in [6, 6.07) is 0.656. The van der Waals surface area contributed by atoms with Crippen molar-refractivity contribution in [2.45, 2.75) is 65.3 Å². The summed E-state index contributed by atoms with van der Waals surface area (Å²) < 4.78 is 5.30. The van der Waals surface area contributed by atoms with Gasteiger partial charge in [-0.2, -0.15) is 0 Å². The first-order valence-electron chi connectivity index (χ1n) is 10.3. The molecule has 0 spiro atoms. The second kappa shape index (κ2) is 10.4. The fourth-order valence-electron chi connectivity index (χ4n) is 4.04. The number of aliphatic imine (C=N–C) groups is 1. The van der Waals surface area contributed by atoms with E-state index in [1.807, 2.05) is 0 Å². The largest absolute Gasteiger partial charge is 0.385 e. The molecule has 1 atom stereocenters. The number of hydrogen-bond acceptors (Lipinski definition) is 3. The highest BCUT2D eigenvalue weighted by molar-refractivity contribution is 5.79. The third-order valence-electron chi connectivity index (χ3n) is 6.01. The van der Waals surface area contributed by atoms with Crippen molar-refractivity contribution in [1.29, 1.82) is 0 Å². The van der Waals surface area contributed by atoms with Gasteiger partial charge < -0.3 is 20.3 Å². The van der Waals surface area contributed by atoms with Crippen molar-refractivity contribution in [2.24, 2.45) is 16.3 Å². The zero-order chi connectivity index (χ0) is 18.1. The molecule has 1 aliphatic carbocycles. The van der Waals surface area contributed by atoms with Crippen LogP contribution in [0.5, 0.6) is 0 Å². The number of likely N-dealkylation sites (tertiary alicyclic amines) is 1. The molecule has 5 heteroatoms. The molecule has 0 aromatic rings. The Morgan fingerprint density at radius 1 is 1.28 bits per heavy atom. The molecule has 0 bridgehead atoms. The lowest BCUT2D eigenvalue weighted by Gasteiger charge is -2.41. The van der Waals surface area contributed by atoms with Gasteiger partial charge in [0.25, 0.3) is 0 Å². The zero-order valence-corrected chi connectivity index (χ0v) is 16.9. The van der Waals surface area contributed by atoms with Crippen LogP contribution in [0.4, 0.5) is 0 Å². The molecule has 146 valence electrons. The molecule has 2 aliphatic rings. The van der Waals surface area contributed by atoms with Gasteiger partial charge in [-0.3, -0.25) is 4.99 Å². The third kappa shape index (κ3) is 6.45. The first-order chi connectivity index (χ1) is 12.1. The Kier molecular flexibility index (Phi) is 8.50.